The zero-order valence-electron chi connectivity index (χ0n) is 11.7. The van der Waals surface area contributed by atoms with Crippen LogP contribution in [0.5, 0.6) is 5.88 Å². The van der Waals surface area contributed by atoms with E-state index in [0.717, 1.165) is 17.9 Å². The van der Waals surface area contributed by atoms with Gasteiger partial charge in [0.2, 0.25) is 5.88 Å². The molecule has 2 aromatic rings. The van der Waals surface area contributed by atoms with Gasteiger partial charge < -0.3 is 15.0 Å². The lowest BCUT2D eigenvalue weighted by Crippen LogP contribution is -2.13. The average Bonchev–Trinajstić information content (AvgIpc) is 2.81. The molecule has 0 fully saturated rings. The number of nitrogens with one attached hydrogen (secondary N) is 1. The number of nitrogens with zero attached hydrogens (tertiary/aromatic N) is 2. The van der Waals surface area contributed by atoms with Crippen LogP contribution in [-0.4, -0.2) is 26.2 Å². The number of ether oxygens (including phenoxy) is 1. The number of hydrogen-bond acceptors (Lipinski definition) is 5. The highest BCUT2D eigenvalue weighted by Crippen LogP contribution is 2.32. The second-order valence-corrected chi connectivity index (χ2v) is 5.85. The van der Waals surface area contributed by atoms with Crippen LogP contribution in [0.4, 0.5) is 11.4 Å². The SMILES string of the molecule is COc1nccc(N(C)C)c1NCc1ccc(C)s1. The van der Waals surface area contributed by atoms with Gasteiger partial charge in [-0.25, -0.2) is 4.98 Å². The minimum atomic E-state index is 0.625. The van der Waals surface area contributed by atoms with Gasteiger partial charge in [-0.05, 0) is 25.1 Å². The molecule has 5 heteroatoms. The zero-order chi connectivity index (χ0) is 13.8. The molecule has 0 radical (unpaired) electrons. The number of aromatic nitrogens is 1. The average molecular weight is 277 g/mol. The Morgan fingerprint density at radius 1 is 1.32 bits per heavy atom. The van der Waals surface area contributed by atoms with Crippen LogP contribution in [0.1, 0.15) is 9.75 Å². The molecule has 0 atom stereocenters. The van der Waals surface area contributed by atoms with Crippen molar-refractivity contribution in [2.45, 2.75) is 13.5 Å². The quantitative estimate of drug-likeness (QED) is 0.911. The fourth-order valence-electron chi connectivity index (χ4n) is 1.88. The van der Waals surface area contributed by atoms with Crippen molar-refractivity contribution in [2.24, 2.45) is 0 Å². The van der Waals surface area contributed by atoms with E-state index >= 15 is 0 Å². The first-order valence-corrected chi connectivity index (χ1v) is 6.93. The van der Waals surface area contributed by atoms with E-state index < -0.39 is 0 Å². The first-order chi connectivity index (χ1) is 9.11. The summed E-state index contributed by atoms with van der Waals surface area (Å²) in [5, 5.41) is 3.42. The molecule has 19 heavy (non-hydrogen) atoms. The molecule has 0 amide bonds. The Balaban J connectivity index is 2.22. The van der Waals surface area contributed by atoms with Crippen molar-refractivity contribution in [3.63, 3.8) is 0 Å². The van der Waals surface area contributed by atoms with Gasteiger partial charge in [-0.2, -0.15) is 0 Å². The molecule has 0 aromatic carbocycles. The van der Waals surface area contributed by atoms with Crippen LogP contribution in [0.25, 0.3) is 0 Å². The van der Waals surface area contributed by atoms with Gasteiger partial charge in [-0.15, -0.1) is 11.3 Å². The predicted molar refractivity (Wildman–Crippen MR) is 81.5 cm³/mol. The number of anilines is 2. The van der Waals surface area contributed by atoms with E-state index in [4.69, 9.17) is 4.74 Å². The molecule has 4 nitrogen and oxygen atoms in total. The van der Waals surface area contributed by atoms with Crippen molar-refractivity contribution in [1.82, 2.24) is 4.98 Å². The van der Waals surface area contributed by atoms with Crippen LogP contribution in [-0.2, 0) is 6.54 Å². The second-order valence-electron chi connectivity index (χ2n) is 4.47. The maximum Gasteiger partial charge on any atom is 0.239 e. The van der Waals surface area contributed by atoms with E-state index in [2.05, 4.69) is 29.4 Å². The molecule has 2 aromatic heterocycles. The van der Waals surface area contributed by atoms with E-state index in [-0.39, 0.29) is 0 Å². The summed E-state index contributed by atoms with van der Waals surface area (Å²) in [5.74, 6) is 0.625. The third-order valence-corrected chi connectivity index (χ3v) is 3.81. The van der Waals surface area contributed by atoms with Crippen molar-refractivity contribution < 1.29 is 4.74 Å². The Morgan fingerprint density at radius 3 is 2.68 bits per heavy atom. The van der Waals surface area contributed by atoms with Gasteiger partial charge in [-0.1, -0.05) is 0 Å². The van der Waals surface area contributed by atoms with Gasteiger partial charge in [-0.3, -0.25) is 0 Å². The third kappa shape index (κ3) is 3.17. The van der Waals surface area contributed by atoms with Crippen molar-refractivity contribution in [3.05, 3.63) is 34.2 Å². The molecule has 2 rings (SSSR count). The molecule has 102 valence electrons. The summed E-state index contributed by atoms with van der Waals surface area (Å²) < 4.78 is 5.33. The zero-order valence-corrected chi connectivity index (χ0v) is 12.5. The maximum absolute atomic E-state index is 5.33. The standard InChI is InChI=1S/C14H19N3OS/c1-10-5-6-11(19-10)9-16-13-12(17(2)3)7-8-15-14(13)18-4/h5-8,16H,9H2,1-4H3. The topological polar surface area (TPSA) is 37.4 Å². The molecule has 0 saturated carbocycles. The van der Waals surface area contributed by atoms with Crippen molar-refractivity contribution in [2.75, 3.05) is 31.4 Å². The van der Waals surface area contributed by atoms with Gasteiger partial charge in [0.1, 0.15) is 5.69 Å². The lowest BCUT2D eigenvalue weighted by Gasteiger charge is -2.19. The van der Waals surface area contributed by atoms with Gasteiger partial charge in [0.15, 0.2) is 0 Å². The fraction of sp³-hybridized carbons (Fsp3) is 0.357. The number of hydrogen-bond donors (Lipinski definition) is 1. The molecule has 0 aliphatic carbocycles. The Labute approximate surface area is 118 Å². The summed E-state index contributed by atoms with van der Waals surface area (Å²) in [6.07, 6.45) is 1.76. The number of thiophene rings is 1. The molecular formula is C14H19N3OS. The number of aryl methyl sites for hydroxylation is 1. The first-order valence-electron chi connectivity index (χ1n) is 6.11. The van der Waals surface area contributed by atoms with Gasteiger partial charge in [0.25, 0.3) is 0 Å². The van der Waals surface area contributed by atoms with Crippen molar-refractivity contribution in [1.29, 1.82) is 0 Å². The third-order valence-electron chi connectivity index (χ3n) is 2.80. The van der Waals surface area contributed by atoms with Crippen LogP contribution >= 0.6 is 11.3 Å². The summed E-state index contributed by atoms with van der Waals surface area (Å²) in [4.78, 5) is 8.92. The highest BCUT2D eigenvalue weighted by atomic mass is 32.1. The van der Waals surface area contributed by atoms with Crippen LogP contribution in [0.3, 0.4) is 0 Å². The summed E-state index contributed by atoms with van der Waals surface area (Å²) in [6.45, 7) is 2.89. The molecular weight excluding hydrogens is 258 g/mol. The minimum Gasteiger partial charge on any atom is -0.479 e. The second kappa shape index (κ2) is 5.93. The van der Waals surface area contributed by atoms with Crippen LogP contribution < -0.4 is 15.0 Å². The Kier molecular flexibility index (Phi) is 4.27. The predicted octanol–water partition coefficient (Wildman–Crippen LogP) is 3.14. The van der Waals surface area contributed by atoms with E-state index in [1.807, 2.05) is 25.1 Å². The summed E-state index contributed by atoms with van der Waals surface area (Å²) >= 11 is 1.80. The monoisotopic (exact) mass is 277 g/mol. The largest absolute Gasteiger partial charge is 0.479 e. The lowest BCUT2D eigenvalue weighted by atomic mass is 10.3. The van der Waals surface area contributed by atoms with Crippen molar-refractivity contribution in [3.8, 4) is 5.88 Å². The van der Waals surface area contributed by atoms with Gasteiger partial charge in [0.05, 0.1) is 12.8 Å². The Morgan fingerprint density at radius 2 is 2.11 bits per heavy atom. The molecule has 2 heterocycles. The molecule has 0 saturated heterocycles. The molecule has 1 N–H and O–H groups in total. The van der Waals surface area contributed by atoms with Gasteiger partial charge in [0, 0.05) is 36.6 Å². The Bertz CT molecular complexity index is 551. The number of rotatable bonds is 5. The normalized spacial score (nSPS) is 10.3. The van der Waals surface area contributed by atoms with Crippen LogP contribution in [0.2, 0.25) is 0 Å². The van der Waals surface area contributed by atoms with Crippen LogP contribution in [0, 0.1) is 6.92 Å². The highest BCUT2D eigenvalue weighted by molar-refractivity contribution is 7.11. The molecule has 0 unspecified atom stereocenters. The van der Waals surface area contributed by atoms with Crippen LogP contribution in [0.15, 0.2) is 24.4 Å². The number of pyridine rings is 1. The number of methoxy groups -OCH3 is 1. The van der Waals surface area contributed by atoms with E-state index in [1.165, 1.54) is 9.75 Å². The Hall–Kier alpha value is -1.75. The van der Waals surface area contributed by atoms with E-state index in [9.17, 15) is 0 Å². The molecule has 0 aliphatic rings. The van der Waals surface area contributed by atoms with E-state index in [1.54, 1.807) is 24.6 Å². The minimum absolute atomic E-state index is 0.625. The molecule has 0 aliphatic heterocycles. The summed E-state index contributed by atoms with van der Waals surface area (Å²) in [5.41, 5.74) is 2.00. The maximum atomic E-state index is 5.33. The van der Waals surface area contributed by atoms with E-state index in [0.29, 0.717) is 5.88 Å². The van der Waals surface area contributed by atoms with Gasteiger partial charge >= 0.3 is 0 Å². The lowest BCUT2D eigenvalue weighted by molar-refractivity contribution is 0.400. The molecule has 0 spiro atoms. The first kappa shape index (κ1) is 13.7. The summed E-state index contributed by atoms with van der Waals surface area (Å²) in [7, 11) is 5.66. The molecule has 0 bridgehead atoms. The smallest absolute Gasteiger partial charge is 0.239 e. The highest BCUT2D eigenvalue weighted by Gasteiger charge is 2.12. The van der Waals surface area contributed by atoms with Crippen molar-refractivity contribution >= 4 is 22.7 Å². The summed E-state index contributed by atoms with van der Waals surface area (Å²) in [6, 6.07) is 6.25. The fourth-order valence-corrected chi connectivity index (χ4v) is 2.71.